The van der Waals surface area contributed by atoms with Crippen molar-refractivity contribution in [1.29, 1.82) is 0 Å². The highest BCUT2D eigenvalue weighted by Gasteiger charge is 2.49. The van der Waals surface area contributed by atoms with Crippen LogP contribution in [0.5, 0.6) is 0 Å². The van der Waals surface area contributed by atoms with E-state index in [1.807, 2.05) is 41.6 Å². The van der Waals surface area contributed by atoms with Crippen molar-refractivity contribution < 1.29 is 4.79 Å². The molecule has 28 heavy (non-hydrogen) atoms. The molecule has 0 bridgehead atoms. The highest BCUT2D eigenvalue weighted by molar-refractivity contribution is 5.90. The molecule has 3 aromatic rings. The average molecular weight is 375 g/mol. The van der Waals surface area contributed by atoms with E-state index in [4.69, 9.17) is 4.98 Å². The molecule has 1 saturated heterocycles. The molecule has 142 valence electrons. The average Bonchev–Trinajstić information content (AvgIpc) is 3.42. The second-order valence-electron chi connectivity index (χ2n) is 7.55. The van der Waals surface area contributed by atoms with Gasteiger partial charge in [-0.1, -0.05) is 6.07 Å². The van der Waals surface area contributed by atoms with Crippen LogP contribution in [0.2, 0.25) is 0 Å². The Hall–Kier alpha value is -3.29. The lowest BCUT2D eigenvalue weighted by molar-refractivity contribution is 0.0772. The second-order valence-corrected chi connectivity index (χ2v) is 7.55. The van der Waals surface area contributed by atoms with Gasteiger partial charge in [0.05, 0.1) is 29.0 Å². The summed E-state index contributed by atoms with van der Waals surface area (Å²) in [4.78, 5) is 30.3. The van der Waals surface area contributed by atoms with Gasteiger partial charge in [-0.25, -0.2) is 4.98 Å². The molecule has 8 heteroatoms. The van der Waals surface area contributed by atoms with Gasteiger partial charge >= 0.3 is 0 Å². The Morgan fingerprint density at radius 1 is 1.11 bits per heavy atom. The fourth-order valence-electron chi connectivity index (χ4n) is 4.36. The van der Waals surface area contributed by atoms with Crippen LogP contribution < -0.4 is 4.90 Å². The van der Waals surface area contributed by atoms with Gasteiger partial charge in [0.2, 0.25) is 5.82 Å². The number of aromatic nitrogens is 5. The number of carbonyl (C=O) groups excluding carboxylic acids is 1. The van der Waals surface area contributed by atoms with E-state index < -0.39 is 0 Å². The summed E-state index contributed by atoms with van der Waals surface area (Å²) in [7, 11) is 1.77. The highest BCUT2D eigenvalue weighted by Crippen LogP contribution is 2.45. The third-order valence-electron chi connectivity index (χ3n) is 5.63. The summed E-state index contributed by atoms with van der Waals surface area (Å²) < 4.78 is 1.56. The fourth-order valence-corrected chi connectivity index (χ4v) is 4.36. The molecule has 0 radical (unpaired) electrons. The smallest absolute Gasteiger partial charge is 0.293 e. The van der Waals surface area contributed by atoms with Gasteiger partial charge in [-0.05, 0) is 30.7 Å². The van der Waals surface area contributed by atoms with Crippen LogP contribution in [-0.4, -0.2) is 55.2 Å². The van der Waals surface area contributed by atoms with Crippen molar-refractivity contribution in [3.8, 4) is 0 Å². The highest BCUT2D eigenvalue weighted by atomic mass is 16.2. The van der Waals surface area contributed by atoms with Crippen LogP contribution >= 0.6 is 0 Å². The monoisotopic (exact) mass is 375 g/mol. The largest absolute Gasteiger partial charge is 0.363 e. The van der Waals surface area contributed by atoms with Crippen LogP contribution in [0.15, 0.2) is 49.1 Å². The molecular formula is C20H21N7O. The van der Waals surface area contributed by atoms with Gasteiger partial charge in [0.25, 0.3) is 5.91 Å². The first-order valence-corrected chi connectivity index (χ1v) is 9.40. The van der Waals surface area contributed by atoms with E-state index in [-0.39, 0.29) is 17.1 Å². The lowest BCUT2D eigenvalue weighted by Crippen LogP contribution is -2.38. The fraction of sp³-hybridized carbons (Fsp3) is 0.350. The Morgan fingerprint density at radius 3 is 2.79 bits per heavy atom. The Labute approximate surface area is 162 Å². The summed E-state index contributed by atoms with van der Waals surface area (Å²) in [5.74, 6) is 0.141. The zero-order valence-electron chi connectivity index (χ0n) is 15.7. The minimum atomic E-state index is -0.157. The van der Waals surface area contributed by atoms with Gasteiger partial charge in [-0.15, -0.1) is 5.10 Å². The quantitative estimate of drug-likeness (QED) is 0.689. The second kappa shape index (κ2) is 6.40. The van der Waals surface area contributed by atoms with Crippen molar-refractivity contribution >= 4 is 11.6 Å². The van der Waals surface area contributed by atoms with E-state index >= 15 is 0 Å². The zero-order valence-corrected chi connectivity index (χ0v) is 15.7. The summed E-state index contributed by atoms with van der Waals surface area (Å²) in [5, 5.41) is 4.17. The number of fused-ring (bicyclic) bond motifs is 2. The van der Waals surface area contributed by atoms with Crippen LogP contribution in [-0.2, 0) is 19.0 Å². The number of carbonyl (C=O) groups is 1. The lowest BCUT2D eigenvalue weighted by atomic mass is 9.85. The molecular weight excluding hydrogens is 354 g/mol. The Balaban J connectivity index is 1.42. The molecule has 5 rings (SSSR count). The molecule has 3 aromatic heterocycles. The van der Waals surface area contributed by atoms with Gasteiger partial charge in [0.1, 0.15) is 6.33 Å². The van der Waals surface area contributed by atoms with Crippen molar-refractivity contribution in [1.82, 2.24) is 29.6 Å². The minimum absolute atomic E-state index is 0.113. The number of likely N-dealkylation sites (tertiary alicyclic amines) is 1. The van der Waals surface area contributed by atoms with E-state index in [2.05, 4.69) is 26.0 Å². The number of amides is 1. The molecule has 1 atom stereocenters. The molecule has 0 N–H and O–H groups in total. The summed E-state index contributed by atoms with van der Waals surface area (Å²) in [6.07, 6.45) is 6.10. The zero-order chi connectivity index (χ0) is 19.1. The summed E-state index contributed by atoms with van der Waals surface area (Å²) in [6.45, 7) is 2.88. The maximum atomic E-state index is 12.8. The third kappa shape index (κ3) is 2.72. The van der Waals surface area contributed by atoms with Gasteiger partial charge < -0.3 is 9.80 Å². The summed E-state index contributed by atoms with van der Waals surface area (Å²) >= 11 is 0. The molecule has 8 nitrogen and oxygen atoms in total. The van der Waals surface area contributed by atoms with E-state index in [0.29, 0.717) is 13.1 Å². The third-order valence-corrected chi connectivity index (χ3v) is 5.63. The normalized spacial score (nSPS) is 20.8. The minimum Gasteiger partial charge on any atom is -0.363 e. The van der Waals surface area contributed by atoms with Crippen LogP contribution in [0.25, 0.3) is 0 Å². The molecule has 0 aromatic carbocycles. The van der Waals surface area contributed by atoms with Crippen LogP contribution in [0.1, 0.15) is 28.4 Å². The summed E-state index contributed by atoms with van der Waals surface area (Å²) in [5.41, 5.74) is 3.09. The van der Waals surface area contributed by atoms with Crippen LogP contribution in [0, 0.1) is 0 Å². The van der Waals surface area contributed by atoms with Gasteiger partial charge in [-0.2, -0.15) is 0 Å². The first-order chi connectivity index (χ1) is 13.6. The van der Waals surface area contributed by atoms with Gasteiger partial charge in [0, 0.05) is 39.1 Å². The molecule has 2 aliphatic heterocycles. The number of rotatable bonds is 3. The van der Waals surface area contributed by atoms with E-state index in [1.165, 1.54) is 0 Å². The van der Waals surface area contributed by atoms with Crippen molar-refractivity contribution in [3.63, 3.8) is 0 Å². The number of pyridine rings is 2. The number of hydrogen-bond acceptors (Lipinski definition) is 6. The SMILES string of the molecule is Cn1cnc(C(=O)N2CC[C@]3(C2)CN(Cc2ccccn2)c2cccnc23)n1. The van der Waals surface area contributed by atoms with Crippen molar-refractivity contribution in [2.75, 3.05) is 24.5 Å². The number of anilines is 1. The number of nitrogens with zero attached hydrogens (tertiary/aromatic N) is 7. The molecule has 5 heterocycles. The first-order valence-electron chi connectivity index (χ1n) is 9.40. The van der Waals surface area contributed by atoms with Crippen molar-refractivity contribution in [2.24, 2.45) is 7.05 Å². The summed E-state index contributed by atoms with van der Waals surface area (Å²) in [6, 6.07) is 10.1. The molecule has 1 amide bonds. The van der Waals surface area contributed by atoms with Gasteiger partial charge in [0.15, 0.2) is 0 Å². The van der Waals surface area contributed by atoms with Gasteiger partial charge in [-0.3, -0.25) is 19.4 Å². The molecule has 1 spiro atoms. The maximum absolute atomic E-state index is 12.8. The van der Waals surface area contributed by atoms with E-state index in [1.54, 1.807) is 18.1 Å². The Morgan fingerprint density at radius 2 is 2.00 bits per heavy atom. The predicted molar refractivity (Wildman–Crippen MR) is 103 cm³/mol. The maximum Gasteiger partial charge on any atom is 0.293 e. The lowest BCUT2D eigenvalue weighted by Gasteiger charge is -2.25. The Bertz CT molecular complexity index is 1020. The Kier molecular flexibility index (Phi) is 3.85. The first kappa shape index (κ1) is 16.9. The van der Waals surface area contributed by atoms with E-state index in [9.17, 15) is 4.79 Å². The molecule has 0 aliphatic carbocycles. The van der Waals surface area contributed by atoms with Crippen LogP contribution in [0.3, 0.4) is 0 Å². The van der Waals surface area contributed by atoms with Crippen molar-refractivity contribution in [3.05, 3.63) is 66.3 Å². The van der Waals surface area contributed by atoms with E-state index in [0.717, 1.165) is 36.6 Å². The molecule has 2 aliphatic rings. The molecule has 0 saturated carbocycles. The predicted octanol–water partition coefficient (Wildman–Crippen LogP) is 1.41. The topological polar surface area (TPSA) is 80.0 Å². The van der Waals surface area contributed by atoms with Crippen LogP contribution in [0.4, 0.5) is 5.69 Å². The molecule has 0 unspecified atom stereocenters. The van der Waals surface area contributed by atoms with Crippen molar-refractivity contribution in [2.45, 2.75) is 18.4 Å². The molecule has 1 fully saturated rings. The number of aryl methyl sites for hydroxylation is 1. The standard InChI is InChI=1S/C20H21N7O/c1-25-14-23-18(24-25)19(28)26-10-7-20(12-26)13-27(11-15-5-2-3-8-21-15)16-6-4-9-22-17(16)20/h2-6,8-9,14H,7,10-13H2,1H3/t20-/m0/s1. The number of hydrogen-bond donors (Lipinski definition) is 0.